The average Bonchev–Trinajstić information content (AvgIpc) is 2.95. The summed E-state index contributed by atoms with van der Waals surface area (Å²) in [7, 11) is 0. The molecule has 1 heterocycles. The van der Waals surface area contributed by atoms with Crippen LogP contribution in [0.5, 0.6) is 5.75 Å². The topological polar surface area (TPSA) is 68.1 Å². The third-order valence-electron chi connectivity index (χ3n) is 3.37. The fourth-order valence-corrected chi connectivity index (χ4v) is 2.31. The Morgan fingerprint density at radius 1 is 1.14 bits per heavy atom. The maximum absolute atomic E-state index is 10.9. The van der Waals surface area contributed by atoms with Crippen LogP contribution in [0.3, 0.4) is 0 Å². The number of aromatic amines is 1. The zero-order valence-electron chi connectivity index (χ0n) is 12.0. The summed E-state index contributed by atoms with van der Waals surface area (Å²) >= 11 is 0. The van der Waals surface area contributed by atoms with Crippen LogP contribution in [0.1, 0.15) is 11.1 Å². The van der Waals surface area contributed by atoms with Crippen LogP contribution in [0.25, 0.3) is 17.0 Å². The molecule has 2 aromatic carbocycles. The van der Waals surface area contributed by atoms with Crippen LogP contribution in [-0.2, 0) is 11.4 Å². The van der Waals surface area contributed by atoms with E-state index in [4.69, 9.17) is 10.5 Å². The average molecular weight is 292 g/mol. The Morgan fingerprint density at radius 2 is 1.95 bits per heavy atom. The monoisotopic (exact) mass is 292 g/mol. The number of aromatic nitrogens is 1. The number of H-pyrrole nitrogens is 1. The van der Waals surface area contributed by atoms with E-state index in [0.717, 1.165) is 27.8 Å². The molecule has 0 radical (unpaired) electrons. The third-order valence-corrected chi connectivity index (χ3v) is 3.37. The highest BCUT2D eigenvalue weighted by Gasteiger charge is 2.07. The lowest BCUT2D eigenvalue weighted by Crippen LogP contribution is -2.04. The summed E-state index contributed by atoms with van der Waals surface area (Å²) < 4.78 is 5.90. The van der Waals surface area contributed by atoms with E-state index in [9.17, 15) is 4.79 Å². The van der Waals surface area contributed by atoms with Crippen LogP contribution in [0.15, 0.2) is 60.8 Å². The number of rotatable bonds is 5. The molecule has 1 aromatic heterocycles. The number of carbonyl (C=O) groups excluding carboxylic acids is 1. The Kier molecular flexibility index (Phi) is 3.92. The molecule has 3 rings (SSSR count). The number of benzene rings is 2. The van der Waals surface area contributed by atoms with E-state index < -0.39 is 5.91 Å². The molecule has 0 unspecified atom stereocenters. The molecule has 3 aromatic rings. The summed E-state index contributed by atoms with van der Waals surface area (Å²) in [6.07, 6.45) is 4.88. The van der Waals surface area contributed by atoms with Gasteiger partial charge < -0.3 is 15.5 Å². The number of primary amides is 1. The van der Waals surface area contributed by atoms with E-state index in [-0.39, 0.29) is 0 Å². The van der Waals surface area contributed by atoms with Crippen molar-refractivity contribution in [2.45, 2.75) is 6.61 Å². The molecule has 22 heavy (non-hydrogen) atoms. The van der Waals surface area contributed by atoms with Gasteiger partial charge in [-0.3, -0.25) is 4.79 Å². The van der Waals surface area contributed by atoms with Gasteiger partial charge in [-0.15, -0.1) is 0 Å². The molecule has 4 nitrogen and oxygen atoms in total. The lowest BCUT2D eigenvalue weighted by atomic mass is 10.1. The number of nitrogens with one attached hydrogen (secondary N) is 1. The van der Waals surface area contributed by atoms with Gasteiger partial charge >= 0.3 is 0 Å². The van der Waals surface area contributed by atoms with E-state index in [0.29, 0.717) is 6.61 Å². The fourth-order valence-electron chi connectivity index (χ4n) is 2.31. The van der Waals surface area contributed by atoms with Crippen LogP contribution < -0.4 is 10.5 Å². The minimum Gasteiger partial charge on any atom is -0.487 e. The van der Waals surface area contributed by atoms with Crippen molar-refractivity contribution in [1.82, 2.24) is 4.98 Å². The highest BCUT2D eigenvalue weighted by atomic mass is 16.5. The predicted octanol–water partition coefficient (Wildman–Crippen LogP) is 3.25. The number of hydrogen-bond donors (Lipinski definition) is 2. The summed E-state index contributed by atoms with van der Waals surface area (Å²) in [6.45, 7) is 0.505. The van der Waals surface area contributed by atoms with Gasteiger partial charge in [0.25, 0.3) is 0 Å². The Morgan fingerprint density at radius 3 is 2.73 bits per heavy atom. The number of nitrogens with two attached hydrogens (primary N) is 1. The van der Waals surface area contributed by atoms with Crippen molar-refractivity contribution >= 4 is 22.9 Å². The van der Waals surface area contributed by atoms with Gasteiger partial charge in [-0.25, -0.2) is 0 Å². The first kappa shape index (κ1) is 13.9. The Bertz CT molecular complexity index is 819. The van der Waals surface area contributed by atoms with Crippen molar-refractivity contribution < 1.29 is 9.53 Å². The first-order valence-electron chi connectivity index (χ1n) is 6.98. The second-order valence-electron chi connectivity index (χ2n) is 4.93. The van der Waals surface area contributed by atoms with Crippen LogP contribution in [-0.4, -0.2) is 10.9 Å². The summed E-state index contributed by atoms with van der Waals surface area (Å²) in [5.74, 6) is 0.311. The minimum atomic E-state index is -0.467. The quantitative estimate of drug-likeness (QED) is 0.709. The van der Waals surface area contributed by atoms with E-state index in [1.807, 2.05) is 54.7 Å². The Hall–Kier alpha value is -3.01. The van der Waals surface area contributed by atoms with Gasteiger partial charge in [0.1, 0.15) is 12.4 Å². The van der Waals surface area contributed by atoms with Crippen LogP contribution >= 0.6 is 0 Å². The van der Waals surface area contributed by atoms with E-state index >= 15 is 0 Å². The number of ether oxygens (including phenoxy) is 1. The van der Waals surface area contributed by atoms with E-state index in [2.05, 4.69) is 4.98 Å². The van der Waals surface area contributed by atoms with Gasteiger partial charge in [0.15, 0.2) is 0 Å². The van der Waals surface area contributed by atoms with Crippen LogP contribution in [0.4, 0.5) is 0 Å². The molecule has 3 N–H and O–H groups in total. The summed E-state index contributed by atoms with van der Waals surface area (Å²) in [5, 5.41) is 0.989. The molecule has 4 heteroatoms. The number of para-hydroxylation sites is 1. The Labute approximate surface area is 128 Å². The summed E-state index contributed by atoms with van der Waals surface area (Å²) in [5.41, 5.74) is 8.05. The maximum Gasteiger partial charge on any atom is 0.241 e. The summed E-state index contributed by atoms with van der Waals surface area (Å²) in [6, 6.07) is 15.8. The molecule has 1 amide bonds. The van der Waals surface area contributed by atoms with E-state index in [1.54, 1.807) is 6.08 Å². The number of fused-ring (bicyclic) bond motifs is 1. The van der Waals surface area contributed by atoms with Crippen molar-refractivity contribution in [1.29, 1.82) is 0 Å². The summed E-state index contributed by atoms with van der Waals surface area (Å²) in [4.78, 5) is 14.0. The number of carbonyl (C=O) groups is 1. The van der Waals surface area contributed by atoms with Gasteiger partial charge in [-0.05, 0) is 17.7 Å². The van der Waals surface area contributed by atoms with Crippen molar-refractivity contribution in [2.24, 2.45) is 5.73 Å². The molecule has 0 bridgehead atoms. The number of amides is 1. The third kappa shape index (κ3) is 3.01. The SMILES string of the molecule is NC(=O)/C=C/c1c[nH]c2c(OCc3ccccc3)cccc12. The van der Waals surface area contributed by atoms with Crippen molar-refractivity contribution in [3.8, 4) is 5.75 Å². The molecule has 0 atom stereocenters. The van der Waals surface area contributed by atoms with Crippen molar-refractivity contribution in [2.75, 3.05) is 0 Å². The second kappa shape index (κ2) is 6.18. The second-order valence-corrected chi connectivity index (χ2v) is 4.93. The molecule has 0 aliphatic heterocycles. The van der Waals surface area contributed by atoms with Gasteiger partial charge in [0.05, 0.1) is 5.52 Å². The lowest BCUT2D eigenvalue weighted by Gasteiger charge is -2.07. The molecule has 0 saturated carbocycles. The molecule has 0 aliphatic carbocycles. The largest absolute Gasteiger partial charge is 0.487 e. The number of hydrogen-bond acceptors (Lipinski definition) is 2. The zero-order valence-corrected chi connectivity index (χ0v) is 12.0. The van der Waals surface area contributed by atoms with Crippen LogP contribution in [0, 0.1) is 0 Å². The highest BCUT2D eigenvalue weighted by molar-refractivity contribution is 5.97. The fraction of sp³-hybridized carbons (Fsp3) is 0.0556. The molecule has 110 valence electrons. The van der Waals surface area contributed by atoms with Gasteiger partial charge in [0.2, 0.25) is 5.91 Å². The lowest BCUT2D eigenvalue weighted by molar-refractivity contribution is -0.113. The molecule has 0 spiro atoms. The van der Waals surface area contributed by atoms with Gasteiger partial charge in [-0.2, -0.15) is 0 Å². The van der Waals surface area contributed by atoms with Crippen molar-refractivity contribution in [3.05, 3.63) is 71.9 Å². The molecule has 0 saturated heterocycles. The van der Waals surface area contributed by atoms with Crippen molar-refractivity contribution in [3.63, 3.8) is 0 Å². The minimum absolute atomic E-state index is 0.467. The zero-order chi connectivity index (χ0) is 15.4. The van der Waals surface area contributed by atoms with E-state index in [1.165, 1.54) is 6.08 Å². The maximum atomic E-state index is 10.9. The van der Waals surface area contributed by atoms with Crippen LogP contribution in [0.2, 0.25) is 0 Å². The standard InChI is InChI=1S/C18H16N2O2/c19-17(21)10-9-14-11-20-18-15(14)7-4-8-16(18)22-12-13-5-2-1-3-6-13/h1-11,20H,12H2,(H2,19,21)/b10-9+. The first-order chi connectivity index (χ1) is 10.7. The van der Waals surface area contributed by atoms with Gasteiger partial charge in [-0.1, -0.05) is 42.5 Å². The van der Waals surface area contributed by atoms with Gasteiger partial charge in [0, 0.05) is 23.2 Å². The molecule has 0 fully saturated rings. The normalized spacial score (nSPS) is 11.1. The smallest absolute Gasteiger partial charge is 0.241 e. The molecule has 0 aliphatic rings. The highest BCUT2D eigenvalue weighted by Crippen LogP contribution is 2.28. The Balaban J connectivity index is 1.86. The predicted molar refractivity (Wildman–Crippen MR) is 87.3 cm³/mol. The first-order valence-corrected chi connectivity index (χ1v) is 6.98. The molecular weight excluding hydrogens is 276 g/mol. The molecular formula is C18H16N2O2.